The first kappa shape index (κ1) is 29.9. The third-order valence-corrected chi connectivity index (χ3v) is 10.8. The quantitative estimate of drug-likeness (QED) is 0.182. The van der Waals surface area contributed by atoms with Crippen molar-refractivity contribution in [2.75, 3.05) is 0 Å². The van der Waals surface area contributed by atoms with E-state index < -0.39 is 0 Å². The van der Waals surface area contributed by atoms with Crippen molar-refractivity contribution in [1.29, 1.82) is 0 Å². The van der Waals surface area contributed by atoms with Crippen molar-refractivity contribution in [2.45, 2.75) is 0 Å². The van der Waals surface area contributed by atoms with Crippen LogP contribution in [0.3, 0.4) is 0 Å². The van der Waals surface area contributed by atoms with Gasteiger partial charge in [-0.1, -0.05) is 121 Å². The minimum atomic E-state index is 0.556. The van der Waals surface area contributed by atoms with Gasteiger partial charge in [0.2, 0.25) is 0 Å². The fourth-order valence-corrected chi connectivity index (χ4v) is 8.31. The molecule has 4 heterocycles. The highest BCUT2D eigenvalue weighted by molar-refractivity contribution is 6.23. The molecule has 12 rings (SSSR count). The third-order valence-electron chi connectivity index (χ3n) is 10.8. The zero-order chi connectivity index (χ0) is 36.0. The van der Waals surface area contributed by atoms with Gasteiger partial charge in [0.05, 0.1) is 16.6 Å². The van der Waals surface area contributed by atoms with E-state index in [1.165, 1.54) is 10.8 Å². The molecule has 0 saturated carbocycles. The van der Waals surface area contributed by atoms with Gasteiger partial charge in [0.1, 0.15) is 22.3 Å². The summed E-state index contributed by atoms with van der Waals surface area (Å²) in [5, 5.41) is 8.83. The highest BCUT2D eigenvalue weighted by Crippen LogP contribution is 2.43. The Balaban J connectivity index is 1.12. The minimum Gasteiger partial charge on any atom is -0.456 e. The maximum Gasteiger partial charge on any atom is 0.167 e. The zero-order valence-corrected chi connectivity index (χ0v) is 29.3. The summed E-state index contributed by atoms with van der Waals surface area (Å²) in [6.45, 7) is 0. The van der Waals surface area contributed by atoms with Crippen LogP contribution >= 0.6 is 0 Å². The van der Waals surface area contributed by atoms with Crippen molar-refractivity contribution >= 4 is 76.5 Å². The van der Waals surface area contributed by atoms with Crippen molar-refractivity contribution < 1.29 is 8.83 Å². The Morgan fingerprint density at radius 3 is 1.80 bits per heavy atom. The van der Waals surface area contributed by atoms with E-state index in [4.69, 9.17) is 23.8 Å². The molecule has 6 nitrogen and oxygen atoms in total. The number of fused-ring (bicyclic) bond motifs is 11. The minimum absolute atomic E-state index is 0.556. The molecule has 0 atom stereocenters. The third kappa shape index (κ3) is 4.52. The predicted molar refractivity (Wildman–Crippen MR) is 223 cm³/mol. The van der Waals surface area contributed by atoms with Gasteiger partial charge >= 0.3 is 0 Å². The monoisotopic (exact) mass is 704 g/mol. The van der Waals surface area contributed by atoms with Gasteiger partial charge in [-0.25, -0.2) is 15.0 Å². The van der Waals surface area contributed by atoms with Crippen LogP contribution in [0.15, 0.2) is 179 Å². The highest BCUT2D eigenvalue weighted by Gasteiger charge is 2.22. The summed E-state index contributed by atoms with van der Waals surface area (Å²) >= 11 is 0. The molecule has 6 heteroatoms. The summed E-state index contributed by atoms with van der Waals surface area (Å²) in [4.78, 5) is 15.1. The lowest BCUT2D eigenvalue weighted by molar-refractivity contribution is 0.669. The smallest absolute Gasteiger partial charge is 0.167 e. The summed E-state index contributed by atoms with van der Waals surface area (Å²) in [6, 6.07) is 58.5. The molecule has 55 heavy (non-hydrogen) atoms. The van der Waals surface area contributed by atoms with Crippen molar-refractivity contribution in [3.63, 3.8) is 0 Å². The first-order valence-electron chi connectivity index (χ1n) is 18.4. The van der Waals surface area contributed by atoms with Gasteiger partial charge in [-0.3, -0.25) is 0 Å². The maximum atomic E-state index is 6.98. The van der Waals surface area contributed by atoms with Crippen LogP contribution < -0.4 is 0 Å². The second kappa shape index (κ2) is 11.5. The Morgan fingerprint density at radius 1 is 0.382 bits per heavy atom. The molecule has 8 aromatic carbocycles. The zero-order valence-electron chi connectivity index (χ0n) is 29.3. The maximum absolute atomic E-state index is 6.98. The number of furan rings is 2. The second-order valence-corrected chi connectivity index (χ2v) is 14.0. The Labute approximate surface area is 313 Å². The van der Waals surface area contributed by atoms with Crippen molar-refractivity contribution in [3.8, 4) is 39.9 Å². The summed E-state index contributed by atoms with van der Waals surface area (Å²) in [5.74, 6) is 1.77. The number of para-hydroxylation sites is 2. The van der Waals surface area contributed by atoms with Crippen molar-refractivity contribution in [2.24, 2.45) is 0 Å². The van der Waals surface area contributed by atoms with E-state index >= 15 is 0 Å². The molecule has 4 aromatic heterocycles. The van der Waals surface area contributed by atoms with Crippen LogP contribution in [0.5, 0.6) is 0 Å². The average Bonchev–Trinajstić information content (AvgIpc) is 3.92. The van der Waals surface area contributed by atoms with Gasteiger partial charge in [-0.2, -0.15) is 0 Å². The predicted octanol–water partition coefficient (Wildman–Crippen LogP) is 12.9. The second-order valence-electron chi connectivity index (χ2n) is 14.0. The van der Waals surface area contributed by atoms with Gasteiger partial charge in [0.15, 0.2) is 17.5 Å². The first-order valence-corrected chi connectivity index (χ1v) is 18.4. The molecular formula is C49H28N4O2. The van der Waals surface area contributed by atoms with Crippen LogP contribution in [-0.2, 0) is 0 Å². The molecule has 0 amide bonds. The van der Waals surface area contributed by atoms with Crippen LogP contribution in [0, 0.1) is 0 Å². The van der Waals surface area contributed by atoms with E-state index in [2.05, 4.69) is 102 Å². The van der Waals surface area contributed by atoms with Crippen LogP contribution in [0.2, 0.25) is 0 Å². The van der Waals surface area contributed by atoms with Gasteiger partial charge < -0.3 is 13.4 Å². The lowest BCUT2D eigenvalue weighted by Crippen LogP contribution is -2.00. The molecular weight excluding hydrogens is 677 g/mol. The lowest BCUT2D eigenvalue weighted by Gasteiger charge is -2.10. The molecule has 0 spiro atoms. The van der Waals surface area contributed by atoms with E-state index in [9.17, 15) is 0 Å². The number of aromatic nitrogens is 4. The fourth-order valence-electron chi connectivity index (χ4n) is 8.31. The lowest BCUT2D eigenvalue weighted by atomic mass is 9.99. The van der Waals surface area contributed by atoms with E-state index in [1.807, 2.05) is 72.8 Å². The molecule has 0 saturated heterocycles. The van der Waals surface area contributed by atoms with Gasteiger partial charge in [0, 0.05) is 61.3 Å². The topological polar surface area (TPSA) is 69.9 Å². The molecule has 0 aliphatic carbocycles. The SMILES string of the molecule is c1ccc(-c2nc(-c3ccccc3)nc(-c3cc4ccccc4c4c3oc3cc(-n5c6ccccc6c6cc7c(cc65)oc5ccccc57)ccc34)n2)cc1. The Bertz CT molecular complexity index is 3430. The average molecular weight is 705 g/mol. The van der Waals surface area contributed by atoms with Crippen molar-refractivity contribution in [1.82, 2.24) is 19.5 Å². The van der Waals surface area contributed by atoms with Crippen molar-refractivity contribution in [3.05, 3.63) is 170 Å². The first-order chi connectivity index (χ1) is 27.2. The van der Waals surface area contributed by atoms with E-state index in [0.29, 0.717) is 17.5 Å². The normalized spacial score (nSPS) is 12.0. The molecule has 0 bridgehead atoms. The van der Waals surface area contributed by atoms with E-state index in [1.54, 1.807) is 0 Å². The summed E-state index contributed by atoms with van der Waals surface area (Å²) in [5.41, 5.74) is 9.09. The summed E-state index contributed by atoms with van der Waals surface area (Å²) < 4.78 is 15.7. The number of nitrogens with zero attached hydrogens (tertiary/aromatic N) is 4. The van der Waals surface area contributed by atoms with Gasteiger partial charge in [-0.15, -0.1) is 0 Å². The number of benzene rings is 8. The standard InChI is InChI=1S/C49H28N4O2/c1-3-13-29(14-4-1)47-50-48(30-15-5-2-6-16-30)52-49(51-47)39-25-31-17-7-8-18-33(31)45-36-24-23-32(26-43(36)55-46(39)45)53-40-21-11-9-19-34(40)37-27-38-35-20-10-12-22-42(35)54-44(38)28-41(37)53/h1-28H. The van der Waals surface area contributed by atoms with Crippen LogP contribution in [0.4, 0.5) is 0 Å². The van der Waals surface area contributed by atoms with Crippen LogP contribution in [0.1, 0.15) is 0 Å². The summed E-state index contributed by atoms with van der Waals surface area (Å²) in [7, 11) is 0. The molecule has 0 unspecified atom stereocenters. The Morgan fingerprint density at radius 2 is 1.02 bits per heavy atom. The largest absolute Gasteiger partial charge is 0.456 e. The molecule has 256 valence electrons. The molecule has 0 aliphatic rings. The number of rotatable bonds is 4. The Kier molecular flexibility index (Phi) is 6.24. The highest BCUT2D eigenvalue weighted by atomic mass is 16.3. The van der Waals surface area contributed by atoms with Crippen LogP contribution in [0.25, 0.3) is 116 Å². The van der Waals surface area contributed by atoms with Crippen LogP contribution in [-0.4, -0.2) is 19.5 Å². The summed E-state index contributed by atoms with van der Waals surface area (Å²) in [6.07, 6.45) is 0. The van der Waals surface area contributed by atoms with Gasteiger partial charge in [-0.05, 0) is 47.2 Å². The molecule has 0 radical (unpaired) electrons. The Hall–Kier alpha value is -7.57. The number of hydrogen-bond donors (Lipinski definition) is 0. The van der Waals surface area contributed by atoms with E-state index in [-0.39, 0.29) is 0 Å². The molecule has 0 N–H and O–H groups in total. The molecule has 0 fully saturated rings. The number of hydrogen-bond acceptors (Lipinski definition) is 5. The van der Waals surface area contributed by atoms with Gasteiger partial charge in [0.25, 0.3) is 0 Å². The molecule has 0 aliphatic heterocycles. The van der Waals surface area contributed by atoms with E-state index in [0.717, 1.165) is 88.1 Å². The fraction of sp³-hybridized carbons (Fsp3) is 0. The molecule has 12 aromatic rings.